The molecule has 1 saturated heterocycles. The van der Waals surface area contributed by atoms with Gasteiger partial charge in [0.25, 0.3) is 0 Å². The van der Waals surface area contributed by atoms with E-state index in [1.165, 1.54) is 6.42 Å². The van der Waals surface area contributed by atoms with Gasteiger partial charge < -0.3 is 23.7 Å². The second-order valence-corrected chi connectivity index (χ2v) is 4.22. The second kappa shape index (κ2) is 11.9. The molecule has 18 heavy (non-hydrogen) atoms. The molecule has 1 heterocycles. The molecule has 1 aliphatic heterocycles. The van der Waals surface area contributed by atoms with Crippen molar-refractivity contribution in [2.24, 2.45) is 0 Å². The summed E-state index contributed by atoms with van der Waals surface area (Å²) in [5, 5.41) is 0. The molecule has 0 aromatic carbocycles. The zero-order valence-electron chi connectivity index (χ0n) is 11.4. The Morgan fingerprint density at radius 1 is 0.833 bits per heavy atom. The van der Waals surface area contributed by atoms with Crippen molar-refractivity contribution >= 4 is 0 Å². The Morgan fingerprint density at radius 3 is 1.83 bits per heavy atom. The van der Waals surface area contributed by atoms with Gasteiger partial charge in [-0.2, -0.15) is 0 Å². The number of epoxide rings is 1. The smallest absolute Gasteiger partial charge is 0.104 e. The van der Waals surface area contributed by atoms with Gasteiger partial charge in [0, 0.05) is 6.61 Å². The zero-order valence-corrected chi connectivity index (χ0v) is 11.4. The molecule has 0 N–H and O–H groups in total. The molecule has 0 aromatic rings. The topological polar surface area (TPSA) is 49.5 Å². The molecule has 0 aromatic heterocycles. The minimum absolute atomic E-state index is 0.334. The van der Waals surface area contributed by atoms with Crippen molar-refractivity contribution in [3.05, 3.63) is 0 Å². The van der Waals surface area contributed by atoms with Crippen LogP contribution in [-0.2, 0) is 23.7 Å². The van der Waals surface area contributed by atoms with Crippen molar-refractivity contribution in [1.29, 1.82) is 0 Å². The first-order valence-corrected chi connectivity index (χ1v) is 6.86. The molecular weight excluding hydrogens is 236 g/mol. The van der Waals surface area contributed by atoms with Crippen molar-refractivity contribution in [3.8, 4) is 0 Å². The summed E-state index contributed by atoms with van der Waals surface area (Å²) in [6, 6.07) is 0. The van der Waals surface area contributed by atoms with Crippen LogP contribution in [0.1, 0.15) is 19.8 Å². The van der Waals surface area contributed by atoms with Crippen LogP contribution in [0.25, 0.3) is 0 Å². The van der Waals surface area contributed by atoms with Gasteiger partial charge in [-0.15, -0.1) is 0 Å². The standard InChI is InChI=1S/C13H26O5/c1-2-3-4-14-5-6-15-7-8-16-9-10-17-11-13-12-18-13/h13H,2-12H2,1H3/t13-/m1/s1. The summed E-state index contributed by atoms with van der Waals surface area (Å²) in [7, 11) is 0. The molecule has 0 aliphatic carbocycles. The van der Waals surface area contributed by atoms with Gasteiger partial charge >= 0.3 is 0 Å². The number of rotatable bonds is 14. The predicted molar refractivity (Wildman–Crippen MR) is 67.9 cm³/mol. The third-order valence-corrected chi connectivity index (χ3v) is 2.46. The van der Waals surface area contributed by atoms with E-state index in [1.807, 2.05) is 0 Å². The molecule has 1 fully saturated rings. The molecule has 1 atom stereocenters. The summed E-state index contributed by atoms with van der Waals surface area (Å²) >= 11 is 0. The van der Waals surface area contributed by atoms with E-state index in [-0.39, 0.29) is 0 Å². The Labute approximate surface area is 110 Å². The lowest BCUT2D eigenvalue weighted by Gasteiger charge is -2.06. The highest BCUT2D eigenvalue weighted by atomic mass is 16.6. The quantitative estimate of drug-likeness (QED) is 0.348. The highest BCUT2D eigenvalue weighted by Crippen LogP contribution is 2.07. The lowest BCUT2D eigenvalue weighted by Crippen LogP contribution is -2.13. The van der Waals surface area contributed by atoms with Crippen LogP contribution in [0.3, 0.4) is 0 Å². The van der Waals surface area contributed by atoms with Gasteiger partial charge in [0.05, 0.1) is 52.9 Å². The number of ether oxygens (including phenoxy) is 5. The highest BCUT2D eigenvalue weighted by molar-refractivity contribution is 4.66. The normalized spacial score (nSPS) is 18.2. The van der Waals surface area contributed by atoms with Gasteiger partial charge in [0.1, 0.15) is 6.10 Å². The van der Waals surface area contributed by atoms with Gasteiger partial charge in [-0.3, -0.25) is 0 Å². The molecule has 0 amide bonds. The molecule has 1 aliphatic rings. The van der Waals surface area contributed by atoms with Crippen molar-refractivity contribution in [2.75, 3.05) is 59.5 Å². The van der Waals surface area contributed by atoms with E-state index < -0.39 is 0 Å². The Morgan fingerprint density at radius 2 is 1.33 bits per heavy atom. The summed E-state index contributed by atoms with van der Waals surface area (Å²) < 4.78 is 26.4. The first-order valence-electron chi connectivity index (χ1n) is 6.86. The molecule has 0 bridgehead atoms. The molecule has 108 valence electrons. The minimum atomic E-state index is 0.334. The van der Waals surface area contributed by atoms with Crippen LogP contribution in [0.2, 0.25) is 0 Å². The van der Waals surface area contributed by atoms with Crippen LogP contribution in [0.15, 0.2) is 0 Å². The highest BCUT2D eigenvalue weighted by Gasteiger charge is 2.21. The van der Waals surface area contributed by atoms with Gasteiger partial charge in [-0.25, -0.2) is 0 Å². The molecule has 0 saturated carbocycles. The van der Waals surface area contributed by atoms with Crippen LogP contribution >= 0.6 is 0 Å². The summed E-state index contributed by atoms with van der Waals surface area (Å²) in [6.45, 7) is 8.29. The molecule has 1 rings (SSSR count). The van der Waals surface area contributed by atoms with Gasteiger partial charge in [0.2, 0.25) is 0 Å². The maximum atomic E-state index is 5.36. The monoisotopic (exact) mass is 262 g/mol. The van der Waals surface area contributed by atoms with E-state index in [0.717, 1.165) is 19.6 Å². The minimum Gasteiger partial charge on any atom is -0.379 e. The van der Waals surface area contributed by atoms with E-state index in [1.54, 1.807) is 0 Å². The van der Waals surface area contributed by atoms with Gasteiger partial charge in [0.15, 0.2) is 0 Å². The molecular formula is C13H26O5. The number of hydrogen-bond acceptors (Lipinski definition) is 5. The lowest BCUT2D eigenvalue weighted by atomic mass is 10.4. The van der Waals surface area contributed by atoms with Crippen molar-refractivity contribution in [2.45, 2.75) is 25.9 Å². The fourth-order valence-electron chi connectivity index (χ4n) is 1.29. The maximum absolute atomic E-state index is 5.36. The van der Waals surface area contributed by atoms with Gasteiger partial charge in [-0.05, 0) is 6.42 Å². The third-order valence-electron chi connectivity index (χ3n) is 2.46. The third kappa shape index (κ3) is 10.9. The predicted octanol–water partition coefficient (Wildman–Crippen LogP) is 1.25. The second-order valence-electron chi connectivity index (χ2n) is 4.22. The lowest BCUT2D eigenvalue weighted by molar-refractivity contribution is -0.00345. The Balaban J connectivity index is 1.60. The summed E-state index contributed by atoms with van der Waals surface area (Å²) in [4.78, 5) is 0. The van der Waals surface area contributed by atoms with Crippen LogP contribution in [0.5, 0.6) is 0 Å². The van der Waals surface area contributed by atoms with Crippen LogP contribution < -0.4 is 0 Å². The molecule has 0 spiro atoms. The number of unbranched alkanes of at least 4 members (excludes halogenated alkanes) is 1. The fourth-order valence-corrected chi connectivity index (χ4v) is 1.29. The summed E-state index contributed by atoms with van der Waals surface area (Å²) in [5.41, 5.74) is 0. The van der Waals surface area contributed by atoms with E-state index in [0.29, 0.717) is 52.4 Å². The van der Waals surface area contributed by atoms with Crippen LogP contribution in [-0.4, -0.2) is 65.6 Å². The molecule has 0 unspecified atom stereocenters. The van der Waals surface area contributed by atoms with Crippen LogP contribution in [0.4, 0.5) is 0 Å². The molecule has 5 nitrogen and oxygen atoms in total. The summed E-state index contributed by atoms with van der Waals surface area (Å²) in [5.74, 6) is 0. The van der Waals surface area contributed by atoms with E-state index in [9.17, 15) is 0 Å². The van der Waals surface area contributed by atoms with E-state index >= 15 is 0 Å². The van der Waals surface area contributed by atoms with Gasteiger partial charge in [-0.1, -0.05) is 13.3 Å². The fraction of sp³-hybridized carbons (Fsp3) is 1.00. The van der Waals surface area contributed by atoms with Crippen molar-refractivity contribution < 1.29 is 23.7 Å². The van der Waals surface area contributed by atoms with Crippen LogP contribution in [0, 0.1) is 0 Å². The average Bonchev–Trinajstić information content (AvgIpc) is 3.19. The summed E-state index contributed by atoms with van der Waals surface area (Å²) in [6.07, 6.45) is 2.62. The van der Waals surface area contributed by atoms with E-state index in [2.05, 4.69) is 6.92 Å². The Hall–Kier alpha value is -0.200. The average molecular weight is 262 g/mol. The van der Waals surface area contributed by atoms with Crippen molar-refractivity contribution in [1.82, 2.24) is 0 Å². The number of hydrogen-bond donors (Lipinski definition) is 0. The van der Waals surface area contributed by atoms with Crippen molar-refractivity contribution in [3.63, 3.8) is 0 Å². The zero-order chi connectivity index (χ0) is 12.9. The first-order chi connectivity index (χ1) is 8.93. The maximum Gasteiger partial charge on any atom is 0.104 e. The SMILES string of the molecule is CCCCOCCOCCOCCOC[C@@H]1CO1. The first kappa shape index (κ1) is 15.9. The largest absolute Gasteiger partial charge is 0.379 e. The molecule has 0 radical (unpaired) electrons. The molecule has 5 heteroatoms. The Kier molecular flexibility index (Phi) is 10.5. The Bertz CT molecular complexity index is 173. The van der Waals surface area contributed by atoms with E-state index in [4.69, 9.17) is 23.7 Å².